The molecule has 2 aromatic heterocycles. The maximum Gasteiger partial charge on any atom is 0.296 e. The summed E-state index contributed by atoms with van der Waals surface area (Å²) in [7, 11) is -22.9. The lowest BCUT2D eigenvalue weighted by atomic mass is 10.1. The highest BCUT2D eigenvalue weighted by atomic mass is 32.2. The number of imidazole rings is 1. The molecule has 0 saturated heterocycles. The normalized spacial score (nSPS) is 12.6. The van der Waals surface area contributed by atoms with Crippen LogP contribution in [0.5, 0.6) is 11.6 Å². The van der Waals surface area contributed by atoms with Crippen LogP contribution in [0.15, 0.2) is 133 Å². The molecule has 0 aliphatic heterocycles. The van der Waals surface area contributed by atoms with Crippen molar-refractivity contribution in [2.24, 2.45) is 40.9 Å². The number of hydrogen-bond donors (Lipinski definition) is 9. The highest BCUT2D eigenvalue weighted by Gasteiger charge is 2.27. The minimum atomic E-state index is -4.98. The molecule has 3 amide bonds. The van der Waals surface area contributed by atoms with E-state index in [9.17, 15) is 89.6 Å². The number of benzene rings is 5. The van der Waals surface area contributed by atoms with E-state index in [1.54, 1.807) is 6.92 Å². The van der Waals surface area contributed by atoms with Crippen LogP contribution in [0.4, 0.5) is 62.6 Å². The van der Waals surface area contributed by atoms with Crippen molar-refractivity contribution in [1.29, 1.82) is 5.26 Å². The van der Waals surface area contributed by atoms with Crippen molar-refractivity contribution in [3.63, 3.8) is 0 Å². The fourth-order valence-corrected chi connectivity index (χ4v) is 13.4. The van der Waals surface area contributed by atoms with Crippen molar-refractivity contribution >= 4 is 171 Å². The van der Waals surface area contributed by atoms with E-state index < -0.39 is 114 Å². The van der Waals surface area contributed by atoms with Gasteiger partial charge in [0.2, 0.25) is 23.6 Å². The lowest BCUT2D eigenvalue weighted by Gasteiger charge is -2.14. The number of pyridine rings is 1. The summed E-state index contributed by atoms with van der Waals surface area (Å²) in [4.78, 5) is 42.0. The molecule has 498 valence electrons. The first kappa shape index (κ1) is 72.6. The van der Waals surface area contributed by atoms with Crippen molar-refractivity contribution in [2.75, 3.05) is 51.3 Å². The summed E-state index contributed by atoms with van der Waals surface area (Å²) in [5.41, 5.74) is -1.62. The van der Waals surface area contributed by atoms with E-state index in [1.807, 2.05) is 6.07 Å². The van der Waals surface area contributed by atoms with Gasteiger partial charge in [0.25, 0.3) is 50.6 Å². The van der Waals surface area contributed by atoms with Gasteiger partial charge in [0.1, 0.15) is 56.4 Å². The van der Waals surface area contributed by atoms with E-state index in [0.29, 0.717) is 5.56 Å². The van der Waals surface area contributed by atoms with E-state index in [1.165, 1.54) is 62.4 Å². The van der Waals surface area contributed by atoms with Gasteiger partial charge in [0.05, 0.1) is 62.5 Å². The topological polar surface area (TPSA) is 529 Å². The highest BCUT2D eigenvalue weighted by Crippen LogP contribution is 2.47. The van der Waals surface area contributed by atoms with E-state index >= 15 is 0 Å². The first-order valence-electron chi connectivity index (χ1n) is 26.8. The van der Waals surface area contributed by atoms with Gasteiger partial charge in [0.15, 0.2) is 11.3 Å². The Kier molecular flexibility index (Phi) is 23.2. The number of aromatic nitrogens is 2. The second-order valence-electron chi connectivity index (χ2n) is 19.9. The number of aromatic hydroxyl groups is 1. The first-order valence-corrected chi connectivity index (χ1v) is 36.5. The Morgan fingerprint density at radius 2 is 1.02 bits per heavy atom. The van der Waals surface area contributed by atoms with Gasteiger partial charge >= 0.3 is 0 Å². The highest BCUT2D eigenvalue weighted by molar-refractivity contribution is 7.99. The Morgan fingerprint density at radius 3 is 1.48 bits per heavy atom. The van der Waals surface area contributed by atoms with Crippen LogP contribution in [0.3, 0.4) is 0 Å². The van der Waals surface area contributed by atoms with Crippen LogP contribution >= 0.6 is 23.5 Å². The van der Waals surface area contributed by atoms with Crippen LogP contribution in [0, 0.1) is 25.2 Å². The average Bonchev–Trinajstić information content (AvgIpc) is 1.56. The molecule has 5 aromatic carbocycles. The number of fused-ring (bicyclic) bond motifs is 3. The zero-order chi connectivity index (χ0) is 69.3. The smallest absolute Gasteiger partial charge is 0.296 e. The summed E-state index contributed by atoms with van der Waals surface area (Å²) < 4.78 is 174. The number of thioether (sulfide) groups is 2. The summed E-state index contributed by atoms with van der Waals surface area (Å²) in [6.07, 6.45) is -0.532. The molecule has 0 fully saturated rings. The molecule has 7 aromatic rings. The molecule has 0 aliphatic carbocycles. The van der Waals surface area contributed by atoms with Gasteiger partial charge in [-0.2, -0.15) is 52.5 Å². The Hall–Kier alpha value is -8.80. The molecule has 0 saturated carbocycles. The molecule has 0 bridgehead atoms. The minimum absolute atomic E-state index is 0.00144. The van der Waals surface area contributed by atoms with Gasteiger partial charge in [-0.15, -0.1) is 59.3 Å². The van der Waals surface area contributed by atoms with Crippen LogP contribution in [-0.2, 0) is 65.0 Å². The predicted molar refractivity (Wildman–Crippen MR) is 344 cm³/mol. The zero-order valence-electron chi connectivity index (χ0n) is 49.5. The molecule has 7 rings (SSSR count). The Balaban J connectivity index is 1.38. The number of nitrogens with one attached hydrogen (secondary N) is 3. The number of carbonyl (C=O) groups is 3. The number of hydrogen-bond acceptors (Lipinski definition) is 27. The van der Waals surface area contributed by atoms with Gasteiger partial charge in [0, 0.05) is 42.2 Å². The van der Waals surface area contributed by atoms with Crippen molar-refractivity contribution < 1.29 is 89.1 Å². The third-order valence-corrected chi connectivity index (χ3v) is 18.9. The van der Waals surface area contributed by atoms with Crippen LogP contribution in [0.2, 0.25) is 0 Å². The second kappa shape index (κ2) is 30.1. The van der Waals surface area contributed by atoms with Crippen LogP contribution in [0.1, 0.15) is 56.7 Å². The molecule has 9 N–H and O–H groups in total. The fraction of sp³-hybridized carbons (Fsp3) is 0.264. The Bertz CT molecular complexity index is 4960. The largest absolute Gasteiger partial charge is 0.493 e. The van der Waals surface area contributed by atoms with Crippen LogP contribution < -0.4 is 20.7 Å². The standard InChI is InChI=1S/C53H54N14O20S7/c1-28-9-14-48(94(84,85)86)51-49(28)58-52-35(27-54)29(2)50(53(71)67(51)52)66-63-42-21-36(55-30(3)68)39(24-45(42)87-15-6-18-90(72,73)74)61-64-43-23-38(57-32(5)70)41(26-47(43)89-17-8-20-92(78,79)80)62-65-44-22-37(56-31(4)69)40(25-46(44)88-16-7-19-91(75,76)77)60-59-33-10-12-34(13-11-33)93(81,82)83/h9-14,21-26,71H,6-8,15-20H2,1-5H3,(H,55,68)(H,56,69)(H,57,70)(H,72,73,74)(H,75,76,77)(H,78,79,80)(H,81,82,83)(H,84,85,86). The number of carbonyl (C=O) groups excluding carboxylic acids is 3. The maximum absolute atomic E-state index is 12.9. The number of azo groups is 4. The SMILES string of the molecule is CC(=O)Nc1cc(N=Nc2cc(SCCCS(=O)(=O)O)c(N=Nc3cc(OCCCS(=O)(=O)O)c(N=Nc4c(C)c(C#N)c5nc6c(C)ccc(S(=O)(=O)O)c6n5c4O)cc3NC(C)=O)cc2NC(C)=O)c(SCCCS(=O)(=O)O)cc1N=Nc1ccc(S(=O)(=O)O)cc1. The molecule has 2 heterocycles. The molecule has 94 heavy (non-hydrogen) atoms. The minimum Gasteiger partial charge on any atom is -0.493 e. The van der Waals surface area contributed by atoms with E-state index in [2.05, 4.69) is 61.8 Å². The van der Waals surface area contributed by atoms with Crippen molar-refractivity contribution in [2.45, 2.75) is 73.5 Å². The predicted octanol–water partition coefficient (Wildman–Crippen LogP) is 11.1. The summed E-state index contributed by atoms with van der Waals surface area (Å²) in [6, 6.07) is 16.7. The average molecular weight is 1430 g/mol. The van der Waals surface area contributed by atoms with Gasteiger partial charge in [-0.05, 0) is 111 Å². The summed E-state index contributed by atoms with van der Waals surface area (Å²) >= 11 is 1.98. The molecule has 34 nitrogen and oxygen atoms in total. The maximum atomic E-state index is 12.9. The fourth-order valence-electron chi connectivity index (χ4n) is 8.43. The van der Waals surface area contributed by atoms with Gasteiger partial charge in [-0.3, -0.25) is 41.5 Å². The molecule has 0 atom stereocenters. The number of nitrogens with zero attached hydrogens (tertiary/aromatic N) is 11. The Labute approximate surface area is 544 Å². The van der Waals surface area contributed by atoms with Crippen LogP contribution in [-0.4, -0.2) is 132 Å². The number of ether oxygens (including phenoxy) is 1. The van der Waals surface area contributed by atoms with Gasteiger partial charge in [-0.1, -0.05) is 6.07 Å². The molecule has 0 spiro atoms. The van der Waals surface area contributed by atoms with E-state index in [-0.39, 0.29) is 131 Å². The lowest BCUT2D eigenvalue weighted by Crippen LogP contribution is -2.09. The van der Waals surface area contributed by atoms with Crippen LogP contribution in [0.25, 0.3) is 16.7 Å². The third kappa shape index (κ3) is 19.9. The first-order chi connectivity index (χ1) is 43.9. The van der Waals surface area contributed by atoms with Crippen molar-refractivity contribution in [1.82, 2.24) is 9.38 Å². The van der Waals surface area contributed by atoms with Crippen molar-refractivity contribution in [3.05, 3.63) is 89.5 Å². The molecule has 0 unspecified atom stereocenters. The molecule has 0 radical (unpaired) electrons. The Morgan fingerprint density at radius 1 is 0.574 bits per heavy atom. The molecular formula is C53H54N14O20S7. The number of anilines is 3. The third-order valence-electron chi connectivity index (χ3n) is 12.5. The number of nitriles is 1. The number of amides is 3. The van der Waals surface area contributed by atoms with E-state index in [4.69, 9.17) is 4.74 Å². The summed E-state index contributed by atoms with van der Waals surface area (Å²) in [5.74, 6) is -5.09. The van der Waals surface area contributed by atoms with Gasteiger partial charge < -0.3 is 25.8 Å². The summed E-state index contributed by atoms with van der Waals surface area (Å²) in [5, 5.41) is 64.5. The number of aryl methyl sites for hydroxylation is 1. The quantitative estimate of drug-likeness (QED) is 0.00952. The molecular weight excluding hydrogens is 1380 g/mol. The van der Waals surface area contributed by atoms with Gasteiger partial charge in [-0.25, -0.2) is 4.98 Å². The monoisotopic (exact) mass is 1430 g/mol. The molecule has 41 heteroatoms. The lowest BCUT2D eigenvalue weighted by molar-refractivity contribution is -0.115. The second-order valence-corrected chi connectivity index (χ2v) is 29.7. The number of rotatable bonds is 28. The zero-order valence-corrected chi connectivity index (χ0v) is 55.2. The summed E-state index contributed by atoms with van der Waals surface area (Å²) in [6.45, 7) is 5.95. The molecule has 0 aliphatic rings. The van der Waals surface area contributed by atoms with Crippen molar-refractivity contribution in [3.8, 4) is 17.7 Å². The van der Waals surface area contributed by atoms with E-state index in [0.717, 1.165) is 66.0 Å².